The van der Waals surface area contributed by atoms with Crippen LogP contribution in [0.15, 0.2) is 30.5 Å². The second-order valence-corrected chi connectivity index (χ2v) is 3.33. The second kappa shape index (κ2) is 3.73. The van der Waals surface area contributed by atoms with Crippen molar-refractivity contribution in [3.63, 3.8) is 0 Å². The van der Waals surface area contributed by atoms with Gasteiger partial charge >= 0.3 is 6.01 Å². The largest absolute Gasteiger partial charge is 0.426 e. The Morgan fingerprint density at radius 2 is 1.93 bits per heavy atom. The first-order valence-corrected chi connectivity index (χ1v) is 4.58. The molecule has 0 saturated carbocycles. The third-order valence-electron chi connectivity index (χ3n) is 1.98. The predicted octanol–water partition coefficient (Wildman–Crippen LogP) is 2.66. The summed E-state index contributed by atoms with van der Waals surface area (Å²) >= 11 is 0. The zero-order valence-electron chi connectivity index (χ0n) is 8.57. The first-order chi connectivity index (χ1) is 7.15. The average Bonchev–Trinajstić information content (AvgIpc) is 2.49. The molecule has 2 rings (SSSR count). The van der Waals surface area contributed by atoms with Crippen molar-refractivity contribution in [3.05, 3.63) is 42.0 Å². The number of hydrogen-bond acceptors (Lipinski definition) is 2. The van der Waals surface area contributed by atoms with E-state index in [-0.39, 0.29) is 5.82 Å². The molecule has 0 unspecified atom stereocenters. The predicted molar refractivity (Wildman–Crippen MR) is 54.4 cm³/mol. The van der Waals surface area contributed by atoms with E-state index in [1.165, 1.54) is 12.1 Å². The molecule has 1 heterocycles. The fourth-order valence-electron chi connectivity index (χ4n) is 1.30. The minimum absolute atomic E-state index is 0.279. The fraction of sp³-hybridized carbons (Fsp3) is 0.182. The van der Waals surface area contributed by atoms with Crippen molar-refractivity contribution < 1.29 is 9.13 Å². The van der Waals surface area contributed by atoms with Gasteiger partial charge in [0, 0.05) is 13.2 Å². The summed E-state index contributed by atoms with van der Waals surface area (Å²) < 4.78 is 19.9. The van der Waals surface area contributed by atoms with Crippen LogP contribution in [0.4, 0.5) is 4.39 Å². The van der Waals surface area contributed by atoms with Crippen molar-refractivity contribution >= 4 is 0 Å². The molecule has 1 aromatic heterocycles. The summed E-state index contributed by atoms with van der Waals surface area (Å²) in [5.74, 6) is 0.295. The lowest BCUT2D eigenvalue weighted by Gasteiger charge is -2.03. The molecule has 1 aromatic carbocycles. The van der Waals surface area contributed by atoms with Crippen LogP contribution >= 0.6 is 0 Å². The van der Waals surface area contributed by atoms with Crippen LogP contribution in [0.3, 0.4) is 0 Å². The number of halogens is 1. The average molecular weight is 206 g/mol. The molecule has 0 spiro atoms. The minimum Gasteiger partial charge on any atom is -0.426 e. The first kappa shape index (κ1) is 9.71. The monoisotopic (exact) mass is 206 g/mol. The van der Waals surface area contributed by atoms with Gasteiger partial charge in [0.15, 0.2) is 0 Å². The summed E-state index contributed by atoms with van der Waals surface area (Å²) in [5.41, 5.74) is 0.884. The van der Waals surface area contributed by atoms with Gasteiger partial charge in [0.25, 0.3) is 0 Å². The summed E-state index contributed by atoms with van der Waals surface area (Å²) in [6, 6.07) is 6.34. The Bertz CT molecular complexity index is 462. The van der Waals surface area contributed by atoms with Crippen molar-refractivity contribution in [2.45, 2.75) is 6.92 Å². The van der Waals surface area contributed by atoms with Gasteiger partial charge in [-0.1, -0.05) is 0 Å². The molecule has 0 N–H and O–H groups in total. The molecule has 15 heavy (non-hydrogen) atoms. The molecule has 0 radical (unpaired) electrons. The van der Waals surface area contributed by atoms with E-state index in [0.717, 1.165) is 5.69 Å². The zero-order chi connectivity index (χ0) is 10.8. The second-order valence-electron chi connectivity index (χ2n) is 3.33. The molecular weight excluding hydrogens is 195 g/mol. The number of ether oxygens (including phenoxy) is 1. The minimum atomic E-state index is -0.279. The first-order valence-electron chi connectivity index (χ1n) is 4.58. The summed E-state index contributed by atoms with van der Waals surface area (Å²) in [7, 11) is 1.85. The molecule has 0 bridgehead atoms. The van der Waals surface area contributed by atoms with Crippen molar-refractivity contribution in [1.82, 2.24) is 9.55 Å². The number of hydrogen-bond donors (Lipinski definition) is 0. The van der Waals surface area contributed by atoms with Crippen LogP contribution < -0.4 is 4.74 Å². The van der Waals surface area contributed by atoms with Crippen LogP contribution in [0.5, 0.6) is 11.8 Å². The summed E-state index contributed by atoms with van der Waals surface area (Å²) in [5, 5.41) is 0. The maximum Gasteiger partial charge on any atom is 0.301 e. The van der Waals surface area contributed by atoms with Gasteiger partial charge in [0.1, 0.15) is 11.6 Å². The smallest absolute Gasteiger partial charge is 0.301 e. The highest BCUT2D eigenvalue weighted by atomic mass is 19.1. The van der Waals surface area contributed by atoms with E-state index in [4.69, 9.17) is 4.74 Å². The van der Waals surface area contributed by atoms with Gasteiger partial charge in [0.05, 0.1) is 5.69 Å². The van der Waals surface area contributed by atoms with E-state index in [1.54, 1.807) is 16.7 Å². The van der Waals surface area contributed by atoms with E-state index in [2.05, 4.69) is 4.98 Å². The lowest BCUT2D eigenvalue weighted by molar-refractivity contribution is 0.423. The fourth-order valence-corrected chi connectivity index (χ4v) is 1.30. The Morgan fingerprint density at radius 1 is 1.27 bits per heavy atom. The number of rotatable bonds is 2. The van der Waals surface area contributed by atoms with Crippen LogP contribution in [-0.2, 0) is 7.05 Å². The third kappa shape index (κ3) is 2.15. The topological polar surface area (TPSA) is 27.1 Å². The van der Waals surface area contributed by atoms with Crippen molar-refractivity contribution in [2.24, 2.45) is 7.05 Å². The molecule has 0 aliphatic carbocycles. The van der Waals surface area contributed by atoms with Crippen LogP contribution in [0.1, 0.15) is 5.69 Å². The Kier molecular flexibility index (Phi) is 2.41. The van der Waals surface area contributed by atoms with Gasteiger partial charge in [-0.25, -0.2) is 9.37 Å². The summed E-state index contributed by atoms with van der Waals surface area (Å²) in [6.45, 7) is 1.89. The molecule has 0 aliphatic heterocycles. The highest BCUT2D eigenvalue weighted by Crippen LogP contribution is 2.19. The van der Waals surface area contributed by atoms with E-state index < -0.39 is 0 Å². The lowest BCUT2D eigenvalue weighted by atomic mass is 10.3. The van der Waals surface area contributed by atoms with Gasteiger partial charge in [0.2, 0.25) is 0 Å². The lowest BCUT2D eigenvalue weighted by Crippen LogP contribution is -1.93. The number of imidazole rings is 1. The van der Waals surface area contributed by atoms with E-state index in [0.29, 0.717) is 11.8 Å². The van der Waals surface area contributed by atoms with Crippen molar-refractivity contribution in [1.29, 1.82) is 0 Å². The van der Waals surface area contributed by atoms with Crippen molar-refractivity contribution in [2.75, 3.05) is 0 Å². The van der Waals surface area contributed by atoms with Gasteiger partial charge < -0.3 is 9.30 Å². The molecule has 0 amide bonds. The normalized spacial score (nSPS) is 10.3. The van der Waals surface area contributed by atoms with Gasteiger partial charge in [-0.3, -0.25) is 0 Å². The SMILES string of the molecule is Cc1cn(C)c(Oc2ccc(F)cc2)n1. The number of benzene rings is 1. The molecular formula is C11H11FN2O. The number of aromatic nitrogens is 2. The number of nitrogens with zero attached hydrogens (tertiary/aromatic N) is 2. The Balaban J connectivity index is 2.21. The van der Waals surface area contributed by atoms with Crippen LogP contribution in [-0.4, -0.2) is 9.55 Å². The van der Waals surface area contributed by atoms with Gasteiger partial charge in [-0.15, -0.1) is 0 Å². The van der Waals surface area contributed by atoms with Gasteiger partial charge in [-0.2, -0.15) is 0 Å². The Morgan fingerprint density at radius 3 is 2.47 bits per heavy atom. The molecule has 0 aliphatic rings. The zero-order valence-corrected chi connectivity index (χ0v) is 8.57. The molecule has 2 aromatic rings. The molecule has 0 saturated heterocycles. The van der Waals surface area contributed by atoms with Crippen LogP contribution in [0.2, 0.25) is 0 Å². The molecule has 3 nitrogen and oxygen atoms in total. The van der Waals surface area contributed by atoms with Crippen LogP contribution in [0.25, 0.3) is 0 Å². The van der Waals surface area contributed by atoms with Gasteiger partial charge in [-0.05, 0) is 31.2 Å². The standard InChI is InChI=1S/C11H11FN2O/c1-8-7-14(2)11(13-8)15-10-5-3-9(12)4-6-10/h3-7H,1-2H3. The maximum atomic E-state index is 12.6. The van der Waals surface area contributed by atoms with E-state index in [9.17, 15) is 4.39 Å². The summed E-state index contributed by atoms with van der Waals surface area (Å²) in [4.78, 5) is 4.17. The maximum absolute atomic E-state index is 12.6. The third-order valence-corrected chi connectivity index (χ3v) is 1.98. The quantitative estimate of drug-likeness (QED) is 0.755. The van der Waals surface area contributed by atoms with Crippen LogP contribution in [0, 0.1) is 12.7 Å². The highest BCUT2D eigenvalue weighted by molar-refractivity contribution is 5.25. The van der Waals surface area contributed by atoms with E-state index >= 15 is 0 Å². The van der Waals surface area contributed by atoms with E-state index in [1.807, 2.05) is 20.2 Å². The summed E-state index contributed by atoms with van der Waals surface area (Å²) in [6.07, 6.45) is 1.86. The molecule has 0 atom stereocenters. The Labute approximate surface area is 87.1 Å². The number of aryl methyl sites for hydroxylation is 2. The molecule has 78 valence electrons. The molecule has 0 fully saturated rings. The van der Waals surface area contributed by atoms with Crippen molar-refractivity contribution in [3.8, 4) is 11.8 Å². The molecule has 4 heteroatoms. The highest BCUT2D eigenvalue weighted by Gasteiger charge is 2.04. The Hall–Kier alpha value is -1.84.